The number of aryl methyl sites for hydroxylation is 1. The summed E-state index contributed by atoms with van der Waals surface area (Å²) in [7, 11) is 1.52. The summed E-state index contributed by atoms with van der Waals surface area (Å²) in [6.45, 7) is 5.57. The molecule has 6 nitrogen and oxygen atoms in total. The molecule has 0 atom stereocenters. The van der Waals surface area contributed by atoms with E-state index in [9.17, 15) is 9.59 Å². The van der Waals surface area contributed by atoms with E-state index in [-0.39, 0.29) is 6.61 Å². The van der Waals surface area contributed by atoms with Gasteiger partial charge >= 0.3 is 6.09 Å². The first-order valence-electron chi connectivity index (χ1n) is 5.29. The molecule has 0 unspecified atom stereocenters. The van der Waals surface area contributed by atoms with Gasteiger partial charge in [-0.25, -0.2) is 4.79 Å². The maximum Gasteiger partial charge on any atom is 0.415 e. The van der Waals surface area contributed by atoms with Crippen molar-refractivity contribution in [2.45, 2.75) is 20.8 Å². The molecule has 2 amide bonds. The molecule has 0 aromatic carbocycles. The molecular weight excluding hydrogens is 222 g/mol. The number of amides is 2. The Bertz CT molecular complexity index is 451. The number of nitrogens with zero attached hydrogens (tertiary/aromatic N) is 1. The maximum atomic E-state index is 11.6. The summed E-state index contributed by atoms with van der Waals surface area (Å²) in [6.07, 6.45) is -0.531. The number of carbonyl (C=O) groups excluding carboxylic acids is 2. The van der Waals surface area contributed by atoms with Gasteiger partial charge in [-0.05, 0) is 26.3 Å². The zero-order valence-electron chi connectivity index (χ0n) is 10.5. The number of anilines is 1. The first-order chi connectivity index (χ1) is 7.90. The van der Waals surface area contributed by atoms with E-state index in [0.29, 0.717) is 11.4 Å². The van der Waals surface area contributed by atoms with Gasteiger partial charge in [-0.15, -0.1) is 0 Å². The summed E-state index contributed by atoms with van der Waals surface area (Å²) in [5.74, 6) is -0.205. The van der Waals surface area contributed by atoms with Crippen molar-refractivity contribution in [2.75, 3.05) is 18.6 Å². The predicted octanol–water partition coefficient (Wildman–Crippen LogP) is 1.32. The molecule has 1 aromatic rings. The maximum absolute atomic E-state index is 11.6. The van der Waals surface area contributed by atoms with Crippen LogP contribution in [-0.2, 0) is 4.74 Å². The lowest BCUT2D eigenvalue weighted by atomic mass is 10.1. The quantitative estimate of drug-likeness (QED) is 0.833. The number of ether oxygens (including phenoxy) is 1. The summed E-state index contributed by atoms with van der Waals surface area (Å²) >= 11 is 0. The Hall–Kier alpha value is -1.98. The minimum atomic E-state index is -0.571. The molecule has 6 heteroatoms. The topological polar surface area (TPSA) is 88.4 Å². The average molecular weight is 239 g/mol. The Morgan fingerprint density at radius 2 is 2.00 bits per heavy atom. The van der Waals surface area contributed by atoms with Crippen LogP contribution < -0.4 is 10.6 Å². The molecule has 94 valence electrons. The molecule has 0 aliphatic heterocycles. The zero-order valence-corrected chi connectivity index (χ0v) is 10.5. The molecule has 1 heterocycles. The average Bonchev–Trinajstić information content (AvgIpc) is 2.54. The van der Waals surface area contributed by atoms with Gasteiger partial charge in [0.1, 0.15) is 5.82 Å². The standard InChI is InChI=1S/C11H17N3O3/c1-5-17-11(16)14(4)10-8(9(12)15)6(2)7(3)13-10/h13H,5H2,1-4H3,(H2,12,15). The van der Waals surface area contributed by atoms with E-state index in [1.165, 1.54) is 11.9 Å². The first kappa shape index (κ1) is 13.1. The highest BCUT2D eigenvalue weighted by molar-refractivity contribution is 6.03. The van der Waals surface area contributed by atoms with Crippen molar-refractivity contribution in [1.82, 2.24) is 4.98 Å². The van der Waals surface area contributed by atoms with E-state index in [0.717, 1.165) is 11.3 Å². The van der Waals surface area contributed by atoms with Gasteiger partial charge < -0.3 is 15.5 Å². The first-order valence-corrected chi connectivity index (χ1v) is 5.29. The molecule has 1 rings (SSSR count). The molecule has 3 N–H and O–H groups in total. The summed E-state index contributed by atoms with van der Waals surface area (Å²) in [5.41, 5.74) is 7.16. The number of rotatable bonds is 3. The number of carbonyl (C=O) groups is 2. The van der Waals surface area contributed by atoms with Crippen LogP contribution in [0.4, 0.5) is 10.6 Å². The van der Waals surface area contributed by atoms with Crippen molar-refractivity contribution in [3.05, 3.63) is 16.8 Å². The lowest BCUT2D eigenvalue weighted by molar-refractivity contribution is 0.100. The molecular formula is C11H17N3O3. The van der Waals surface area contributed by atoms with Crippen molar-refractivity contribution in [3.8, 4) is 0 Å². The van der Waals surface area contributed by atoms with E-state index in [4.69, 9.17) is 10.5 Å². The third-order valence-electron chi connectivity index (χ3n) is 2.60. The van der Waals surface area contributed by atoms with Gasteiger partial charge in [0.05, 0.1) is 12.2 Å². The molecule has 0 fully saturated rings. The second-order valence-corrected chi connectivity index (χ2v) is 3.72. The highest BCUT2D eigenvalue weighted by Gasteiger charge is 2.23. The number of primary amides is 1. The Labute approximate surface area is 99.7 Å². The minimum absolute atomic E-state index is 0.272. The number of hydrogen-bond acceptors (Lipinski definition) is 3. The number of hydrogen-bond donors (Lipinski definition) is 2. The van der Waals surface area contributed by atoms with Gasteiger partial charge in [0.15, 0.2) is 0 Å². The van der Waals surface area contributed by atoms with Crippen LogP contribution in [0.5, 0.6) is 0 Å². The van der Waals surface area contributed by atoms with E-state index in [1.807, 2.05) is 6.92 Å². The number of nitrogens with one attached hydrogen (secondary N) is 1. The van der Waals surface area contributed by atoms with Crippen LogP contribution >= 0.6 is 0 Å². The largest absolute Gasteiger partial charge is 0.449 e. The van der Waals surface area contributed by atoms with Crippen LogP contribution in [0.3, 0.4) is 0 Å². The second-order valence-electron chi connectivity index (χ2n) is 3.72. The van der Waals surface area contributed by atoms with Gasteiger partial charge in [-0.1, -0.05) is 0 Å². The lowest BCUT2D eigenvalue weighted by Gasteiger charge is -2.16. The molecule has 0 aliphatic rings. The molecule has 0 spiro atoms. The van der Waals surface area contributed by atoms with Crippen LogP contribution in [0, 0.1) is 13.8 Å². The normalized spacial score (nSPS) is 10.1. The van der Waals surface area contributed by atoms with E-state index in [1.54, 1.807) is 13.8 Å². The third-order valence-corrected chi connectivity index (χ3v) is 2.60. The minimum Gasteiger partial charge on any atom is -0.449 e. The van der Waals surface area contributed by atoms with E-state index < -0.39 is 12.0 Å². The van der Waals surface area contributed by atoms with Crippen LogP contribution in [-0.4, -0.2) is 30.6 Å². The van der Waals surface area contributed by atoms with E-state index in [2.05, 4.69) is 4.98 Å². The molecule has 0 aliphatic carbocycles. The van der Waals surface area contributed by atoms with Crippen molar-refractivity contribution in [1.29, 1.82) is 0 Å². The van der Waals surface area contributed by atoms with Gasteiger partial charge in [0.25, 0.3) is 5.91 Å². The third kappa shape index (κ3) is 2.41. The number of H-pyrrole nitrogens is 1. The van der Waals surface area contributed by atoms with Gasteiger partial charge in [-0.2, -0.15) is 0 Å². The molecule has 0 radical (unpaired) electrons. The molecule has 0 saturated carbocycles. The molecule has 0 bridgehead atoms. The number of nitrogens with two attached hydrogens (primary N) is 1. The Morgan fingerprint density at radius 3 is 2.47 bits per heavy atom. The molecule has 17 heavy (non-hydrogen) atoms. The van der Waals surface area contributed by atoms with Crippen molar-refractivity contribution < 1.29 is 14.3 Å². The second kappa shape index (κ2) is 4.90. The Balaban J connectivity index is 3.17. The predicted molar refractivity (Wildman–Crippen MR) is 64.2 cm³/mol. The SMILES string of the molecule is CCOC(=O)N(C)c1[nH]c(C)c(C)c1C(N)=O. The Kier molecular flexibility index (Phi) is 3.77. The highest BCUT2D eigenvalue weighted by atomic mass is 16.6. The van der Waals surface area contributed by atoms with Gasteiger partial charge in [-0.3, -0.25) is 9.69 Å². The zero-order chi connectivity index (χ0) is 13.2. The van der Waals surface area contributed by atoms with Gasteiger partial charge in [0, 0.05) is 12.7 Å². The summed E-state index contributed by atoms with van der Waals surface area (Å²) < 4.78 is 4.86. The summed E-state index contributed by atoms with van der Waals surface area (Å²) in [4.78, 5) is 27.1. The fourth-order valence-corrected chi connectivity index (χ4v) is 1.56. The van der Waals surface area contributed by atoms with E-state index >= 15 is 0 Å². The fraction of sp³-hybridized carbons (Fsp3) is 0.455. The number of aromatic amines is 1. The Morgan fingerprint density at radius 1 is 1.41 bits per heavy atom. The highest BCUT2D eigenvalue weighted by Crippen LogP contribution is 2.24. The van der Waals surface area contributed by atoms with Crippen LogP contribution in [0.2, 0.25) is 0 Å². The van der Waals surface area contributed by atoms with Crippen molar-refractivity contribution in [2.24, 2.45) is 5.73 Å². The fourth-order valence-electron chi connectivity index (χ4n) is 1.56. The van der Waals surface area contributed by atoms with Crippen LogP contribution in [0.25, 0.3) is 0 Å². The smallest absolute Gasteiger partial charge is 0.415 e. The van der Waals surface area contributed by atoms with Crippen molar-refractivity contribution >= 4 is 17.8 Å². The number of aromatic nitrogens is 1. The van der Waals surface area contributed by atoms with Crippen LogP contribution in [0.15, 0.2) is 0 Å². The van der Waals surface area contributed by atoms with Crippen LogP contribution in [0.1, 0.15) is 28.5 Å². The monoisotopic (exact) mass is 239 g/mol. The molecule has 1 aromatic heterocycles. The lowest BCUT2D eigenvalue weighted by Crippen LogP contribution is -2.29. The molecule has 0 saturated heterocycles. The van der Waals surface area contributed by atoms with Gasteiger partial charge in [0.2, 0.25) is 0 Å². The summed E-state index contributed by atoms with van der Waals surface area (Å²) in [5, 5.41) is 0. The van der Waals surface area contributed by atoms with Crippen molar-refractivity contribution in [3.63, 3.8) is 0 Å². The summed E-state index contributed by atoms with van der Waals surface area (Å²) in [6, 6.07) is 0.